The molecule has 0 saturated carbocycles. The Labute approximate surface area is 68.3 Å². The molecule has 2 nitrogen and oxygen atoms in total. The molecule has 0 radical (unpaired) electrons. The van der Waals surface area contributed by atoms with Crippen LogP contribution in [0.25, 0.3) is 0 Å². The molecule has 0 aromatic heterocycles. The van der Waals surface area contributed by atoms with Crippen molar-refractivity contribution < 1.29 is 17.9 Å². The highest BCUT2D eigenvalue weighted by molar-refractivity contribution is 5.85. The van der Waals surface area contributed by atoms with Crippen molar-refractivity contribution in [2.75, 3.05) is 13.2 Å². The number of nitrogens with two attached hydrogens (primary N) is 1. The van der Waals surface area contributed by atoms with Gasteiger partial charge in [0.05, 0.1) is 19.1 Å². The molecule has 6 heteroatoms. The first-order valence-electron chi connectivity index (χ1n) is 2.92. The average molecular weight is 192 g/mol. The van der Waals surface area contributed by atoms with E-state index in [0.29, 0.717) is 0 Å². The largest absolute Gasteiger partial charge is 0.395 e. The van der Waals surface area contributed by atoms with Crippen molar-refractivity contribution in [2.45, 2.75) is 12.2 Å². The van der Waals surface area contributed by atoms with Gasteiger partial charge in [-0.3, -0.25) is 0 Å². The minimum Gasteiger partial charge on any atom is -0.379 e. The fourth-order valence-corrected chi connectivity index (χ4v) is 0.908. The molecule has 11 heavy (non-hydrogen) atoms. The molecule has 1 fully saturated rings. The van der Waals surface area contributed by atoms with Crippen LogP contribution in [0.15, 0.2) is 0 Å². The molecule has 0 bridgehead atoms. The van der Waals surface area contributed by atoms with E-state index in [-0.39, 0.29) is 25.6 Å². The van der Waals surface area contributed by atoms with Crippen LogP contribution in [0, 0.1) is 5.92 Å². The van der Waals surface area contributed by atoms with Gasteiger partial charge in [0.2, 0.25) is 0 Å². The van der Waals surface area contributed by atoms with Gasteiger partial charge in [0.25, 0.3) is 0 Å². The quantitative estimate of drug-likeness (QED) is 0.619. The van der Waals surface area contributed by atoms with Crippen molar-refractivity contribution in [2.24, 2.45) is 11.7 Å². The Hall–Kier alpha value is -0.0000000000000000555. The zero-order chi connectivity index (χ0) is 7.78. The zero-order valence-electron chi connectivity index (χ0n) is 5.60. The van der Waals surface area contributed by atoms with E-state index >= 15 is 0 Å². The van der Waals surface area contributed by atoms with Crippen LogP contribution in [0.2, 0.25) is 0 Å². The third-order valence-electron chi connectivity index (χ3n) is 1.54. The van der Waals surface area contributed by atoms with E-state index in [1.165, 1.54) is 0 Å². The molecule has 1 aliphatic heterocycles. The SMILES string of the molecule is Cl.N[C@@H]1COC[C@H]1C(F)(F)F. The lowest BCUT2D eigenvalue weighted by Crippen LogP contribution is -2.38. The second-order valence-electron chi connectivity index (χ2n) is 2.35. The van der Waals surface area contributed by atoms with Crippen molar-refractivity contribution in [3.63, 3.8) is 0 Å². The fraction of sp³-hybridized carbons (Fsp3) is 1.00. The number of rotatable bonds is 0. The van der Waals surface area contributed by atoms with Crippen LogP contribution in [0.5, 0.6) is 0 Å². The average Bonchev–Trinajstić information content (AvgIpc) is 2.11. The summed E-state index contributed by atoms with van der Waals surface area (Å²) in [7, 11) is 0. The summed E-state index contributed by atoms with van der Waals surface area (Å²) < 4.78 is 40.1. The summed E-state index contributed by atoms with van der Waals surface area (Å²) in [5.74, 6) is -1.47. The lowest BCUT2D eigenvalue weighted by molar-refractivity contribution is -0.175. The van der Waals surface area contributed by atoms with Crippen molar-refractivity contribution in [3.8, 4) is 0 Å². The Morgan fingerprint density at radius 2 is 1.82 bits per heavy atom. The molecular weight excluding hydrogens is 183 g/mol. The summed E-state index contributed by atoms with van der Waals surface area (Å²) in [5.41, 5.74) is 5.12. The maximum absolute atomic E-state index is 11.9. The first kappa shape index (κ1) is 11.0. The summed E-state index contributed by atoms with van der Waals surface area (Å²) in [6.07, 6.45) is -4.20. The van der Waals surface area contributed by atoms with Gasteiger partial charge >= 0.3 is 6.18 Å². The Bertz CT molecular complexity index is 129. The lowest BCUT2D eigenvalue weighted by atomic mass is 10.1. The van der Waals surface area contributed by atoms with Gasteiger partial charge in [-0.05, 0) is 0 Å². The molecule has 2 atom stereocenters. The smallest absolute Gasteiger partial charge is 0.379 e. The van der Waals surface area contributed by atoms with Crippen LogP contribution < -0.4 is 5.73 Å². The predicted octanol–water partition coefficient (Wildman–Crippen LogP) is 0.944. The molecule has 1 aliphatic rings. The first-order chi connectivity index (χ1) is 4.52. The number of hydrogen-bond donors (Lipinski definition) is 1. The summed E-state index contributed by atoms with van der Waals surface area (Å²) >= 11 is 0. The van der Waals surface area contributed by atoms with Crippen molar-refractivity contribution in [1.29, 1.82) is 0 Å². The number of ether oxygens (including phenoxy) is 1. The van der Waals surface area contributed by atoms with E-state index in [2.05, 4.69) is 4.74 Å². The molecule has 0 aliphatic carbocycles. The highest BCUT2D eigenvalue weighted by atomic mass is 35.5. The van der Waals surface area contributed by atoms with Crippen LogP contribution >= 0.6 is 12.4 Å². The molecule has 1 rings (SSSR count). The van der Waals surface area contributed by atoms with E-state index in [9.17, 15) is 13.2 Å². The minimum atomic E-state index is -4.20. The molecule has 2 N–H and O–H groups in total. The van der Waals surface area contributed by atoms with Crippen molar-refractivity contribution >= 4 is 12.4 Å². The van der Waals surface area contributed by atoms with Crippen LogP contribution in [0.4, 0.5) is 13.2 Å². The lowest BCUT2D eigenvalue weighted by Gasteiger charge is -2.16. The maximum atomic E-state index is 11.9. The van der Waals surface area contributed by atoms with E-state index in [0.717, 1.165) is 0 Å². The molecule has 0 aromatic carbocycles. The van der Waals surface area contributed by atoms with E-state index in [1.807, 2.05) is 0 Å². The predicted molar refractivity (Wildman–Crippen MR) is 35.6 cm³/mol. The number of alkyl halides is 3. The van der Waals surface area contributed by atoms with E-state index in [4.69, 9.17) is 5.73 Å². The summed E-state index contributed by atoms with van der Waals surface area (Å²) in [4.78, 5) is 0. The number of hydrogen-bond acceptors (Lipinski definition) is 2. The van der Waals surface area contributed by atoms with Gasteiger partial charge in [-0.15, -0.1) is 12.4 Å². The van der Waals surface area contributed by atoms with Crippen molar-refractivity contribution in [3.05, 3.63) is 0 Å². The molecule has 0 amide bonds. The van der Waals surface area contributed by atoms with Gasteiger partial charge in [0.15, 0.2) is 0 Å². The highest BCUT2D eigenvalue weighted by Crippen LogP contribution is 2.31. The molecule has 0 unspecified atom stereocenters. The maximum Gasteiger partial charge on any atom is 0.395 e. The molecule has 0 spiro atoms. The zero-order valence-corrected chi connectivity index (χ0v) is 6.41. The van der Waals surface area contributed by atoms with Gasteiger partial charge in [-0.25, -0.2) is 0 Å². The van der Waals surface area contributed by atoms with Gasteiger partial charge in [-0.2, -0.15) is 13.2 Å². The molecule has 1 saturated heterocycles. The summed E-state index contributed by atoms with van der Waals surface area (Å²) in [6.45, 7) is -0.269. The number of halogens is 4. The monoisotopic (exact) mass is 191 g/mol. The van der Waals surface area contributed by atoms with E-state index in [1.54, 1.807) is 0 Å². The summed E-state index contributed by atoms with van der Waals surface area (Å²) in [5, 5.41) is 0. The Morgan fingerprint density at radius 3 is 2.00 bits per heavy atom. The molecule has 1 heterocycles. The van der Waals surface area contributed by atoms with Gasteiger partial charge in [0, 0.05) is 6.04 Å². The Morgan fingerprint density at radius 1 is 1.27 bits per heavy atom. The molecule has 0 aromatic rings. The Kier molecular flexibility index (Phi) is 3.60. The van der Waals surface area contributed by atoms with Gasteiger partial charge < -0.3 is 10.5 Å². The minimum absolute atomic E-state index is 0. The van der Waals surface area contributed by atoms with Crippen molar-refractivity contribution in [1.82, 2.24) is 0 Å². The second kappa shape index (κ2) is 3.60. The highest BCUT2D eigenvalue weighted by Gasteiger charge is 2.46. The van der Waals surface area contributed by atoms with Crippen LogP contribution in [-0.2, 0) is 4.74 Å². The third kappa shape index (κ3) is 2.50. The van der Waals surface area contributed by atoms with Gasteiger partial charge in [-0.1, -0.05) is 0 Å². The molecule has 68 valence electrons. The van der Waals surface area contributed by atoms with Crippen LogP contribution in [0.1, 0.15) is 0 Å². The summed E-state index contributed by atoms with van der Waals surface area (Å²) in [6, 6.07) is -0.875. The van der Waals surface area contributed by atoms with Crippen LogP contribution in [-0.4, -0.2) is 25.4 Å². The van der Waals surface area contributed by atoms with Gasteiger partial charge in [0.1, 0.15) is 0 Å². The van der Waals surface area contributed by atoms with E-state index < -0.39 is 18.1 Å². The standard InChI is InChI=1S/C5H8F3NO.ClH/c6-5(7,8)3-1-10-2-4(3)9;/h3-4H,1-2,9H2;1H/t3-,4-;/m1./s1. The fourth-order valence-electron chi connectivity index (χ4n) is 0.908. The third-order valence-corrected chi connectivity index (χ3v) is 1.54. The second-order valence-corrected chi connectivity index (χ2v) is 2.35. The normalized spacial score (nSPS) is 31.6. The molecular formula is C5H9ClF3NO. The van der Waals surface area contributed by atoms with Crippen LogP contribution in [0.3, 0.4) is 0 Å². The topological polar surface area (TPSA) is 35.2 Å². The Balaban J connectivity index is 0.000001000. The first-order valence-corrected chi connectivity index (χ1v) is 2.92.